The monoisotopic (exact) mass is 212 g/mol. The molecule has 0 fully saturated rings. The lowest BCUT2D eigenvalue weighted by atomic mass is 9.98. The first-order valence-electron chi connectivity index (χ1n) is 5.07. The van der Waals surface area contributed by atoms with Gasteiger partial charge in [-0.05, 0) is 31.5 Å². The zero-order chi connectivity index (χ0) is 11.5. The molecule has 2 rings (SSSR count). The Morgan fingerprint density at radius 1 is 1.12 bits per heavy atom. The molecule has 1 aromatic heterocycles. The highest BCUT2D eigenvalue weighted by molar-refractivity contribution is 6.09. The van der Waals surface area contributed by atoms with Gasteiger partial charge in [0.25, 0.3) is 0 Å². The largest absolute Gasteiger partial charge is 0.289 e. The van der Waals surface area contributed by atoms with Crippen LogP contribution in [-0.4, -0.2) is 16.0 Å². The highest BCUT2D eigenvalue weighted by Gasteiger charge is 2.11. The summed E-state index contributed by atoms with van der Waals surface area (Å²) in [6.07, 6.45) is 3.02. The third-order valence-electron chi connectivity index (χ3n) is 2.48. The van der Waals surface area contributed by atoms with E-state index in [4.69, 9.17) is 0 Å². The third-order valence-corrected chi connectivity index (χ3v) is 2.48. The van der Waals surface area contributed by atoms with E-state index in [1.54, 1.807) is 6.07 Å². The van der Waals surface area contributed by atoms with E-state index in [-0.39, 0.29) is 5.78 Å². The van der Waals surface area contributed by atoms with Crippen LogP contribution in [0.5, 0.6) is 0 Å². The van der Waals surface area contributed by atoms with Crippen LogP contribution in [-0.2, 0) is 0 Å². The molecule has 0 aliphatic carbocycles. The number of carbonyl (C=O) groups is 1. The van der Waals surface area contributed by atoms with Crippen molar-refractivity contribution in [2.45, 2.75) is 13.8 Å². The first kappa shape index (κ1) is 10.5. The Bertz CT molecular complexity index is 521. The average molecular weight is 212 g/mol. The second-order valence-corrected chi connectivity index (χ2v) is 3.78. The molecule has 3 heteroatoms. The minimum absolute atomic E-state index is 0.00361. The Hall–Kier alpha value is -2.03. The summed E-state index contributed by atoms with van der Waals surface area (Å²) in [5.74, 6) is -0.00361. The van der Waals surface area contributed by atoms with E-state index in [1.807, 2.05) is 32.0 Å². The average Bonchev–Trinajstić information content (AvgIpc) is 2.32. The number of nitrogens with zero attached hydrogens (tertiary/aromatic N) is 2. The zero-order valence-electron chi connectivity index (χ0n) is 9.27. The van der Waals surface area contributed by atoms with Crippen molar-refractivity contribution in [3.63, 3.8) is 0 Å². The van der Waals surface area contributed by atoms with Gasteiger partial charge >= 0.3 is 0 Å². The van der Waals surface area contributed by atoms with Gasteiger partial charge < -0.3 is 0 Å². The van der Waals surface area contributed by atoms with E-state index < -0.39 is 0 Å². The Balaban J connectivity index is 2.46. The smallest absolute Gasteiger partial charge is 0.194 e. The van der Waals surface area contributed by atoms with Crippen molar-refractivity contribution in [1.82, 2.24) is 10.2 Å². The summed E-state index contributed by atoms with van der Waals surface area (Å²) in [5.41, 5.74) is 3.36. The van der Waals surface area contributed by atoms with Crippen LogP contribution < -0.4 is 0 Å². The molecule has 2 aromatic rings. The van der Waals surface area contributed by atoms with E-state index in [0.717, 1.165) is 16.7 Å². The van der Waals surface area contributed by atoms with Crippen LogP contribution in [0.25, 0.3) is 0 Å². The van der Waals surface area contributed by atoms with Crippen LogP contribution in [0.15, 0.2) is 36.7 Å². The molecule has 0 aliphatic heterocycles. The maximum absolute atomic E-state index is 12.2. The highest BCUT2D eigenvalue weighted by Crippen LogP contribution is 2.14. The molecule has 0 unspecified atom stereocenters. The van der Waals surface area contributed by atoms with Crippen LogP contribution in [0, 0.1) is 13.8 Å². The molecule has 1 heterocycles. The lowest BCUT2D eigenvalue weighted by Crippen LogP contribution is -2.04. The third kappa shape index (κ3) is 1.98. The molecule has 0 saturated carbocycles. The first-order chi connectivity index (χ1) is 7.68. The van der Waals surface area contributed by atoms with Crippen LogP contribution >= 0.6 is 0 Å². The Morgan fingerprint density at radius 2 is 1.94 bits per heavy atom. The number of rotatable bonds is 2. The van der Waals surface area contributed by atoms with Gasteiger partial charge in [-0.2, -0.15) is 10.2 Å². The summed E-state index contributed by atoms with van der Waals surface area (Å²) < 4.78 is 0. The van der Waals surface area contributed by atoms with Gasteiger partial charge in [-0.15, -0.1) is 0 Å². The van der Waals surface area contributed by atoms with Crippen LogP contribution in [0.2, 0.25) is 0 Å². The van der Waals surface area contributed by atoms with Crippen LogP contribution in [0.4, 0.5) is 0 Å². The molecule has 1 aromatic carbocycles. The Labute approximate surface area is 94.2 Å². The predicted octanol–water partition coefficient (Wildman–Crippen LogP) is 2.32. The summed E-state index contributed by atoms with van der Waals surface area (Å²) in [5, 5.41) is 7.37. The van der Waals surface area contributed by atoms with Crippen molar-refractivity contribution in [2.24, 2.45) is 0 Å². The molecule has 0 amide bonds. The topological polar surface area (TPSA) is 42.9 Å². The van der Waals surface area contributed by atoms with Gasteiger partial charge in [-0.3, -0.25) is 4.79 Å². The van der Waals surface area contributed by atoms with Gasteiger partial charge in [0, 0.05) is 11.1 Å². The molecule has 0 aliphatic rings. The van der Waals surface area contributed by atoms with Crippen molar-refractivity contribution < 1.29 is 4.79 Å². The number of benzene rings is 1. The Kier molecular flexibility index (Phi) is 2.77. The number of aryl methyl sites for hydroxylation is 2. The maximum Gasteiger partial charge on any atom is 0.194 e. The van der Waals surface area contributed by atoms with Crippen LogP contribution in [0.1, 0.15) is 27.0 Å². The number of carbonyl (C=O) groups excluding carboxylic acids is 1. The maximum atomic E-state index is 12.2. The summed E-state index contributed by atoms with van der Waals surface area (Å²) in [6.45, 7) is 3.91. The quantitative estimate of drug-likeness (QED) is 0.717. The fourth-order valence-electron chi connectivity index (χ4n) is 1.56. The van der Waals surface area contributed by atoms with Gasteiger partial charge in [0.2, 0.25) is 0 Å². The molecular formula is C13H12N2O. The van der Waals surface area contributed by atoms with E-state index in [2.05, 4.69) is 10.2 Å². The molecule has 0 saturated heterocycles. The minimum Gasteiger partial charge on any atom is -0.289 e. The van der Waals surface area contributed by atoms with Gasteiger partial charge in [-0.25, -0.2) is 0 Å². The van der Waals surface area contributed by atoms with E-state index in [9.17, 15) is 4.79 Å². The van der Waals surface area contributed by atoms with Crippen LogP contribution in [0.3, 0.4) is 0 Å². The molecule has 0 radical (unpaired) electrons. The Morgan fingerprint density at radius 3 is 2.62 bits per heavy atom. The SMILES string of the molecule is Cc1ccc(C)c(C(=O)c2ccnnc2)c1. The summed E-state index contributed by atoms with van der Waals surface area (Å²) in [4.78, 5) is 12.2. The number of aromatic nitrogens is 2. The zero-order valence-corrected chi connectivity index (χ0v) is 9.27. The predicted molar refractivity (Wildman–Crippen MR) is 61.4 cm³/mol. The molecule has 80 valence electrons. The lowest BCUT2D eigenvalue weighted by Gasteiger charge is -2.05. The molecule has 0 spiro atoms. The number of hydrogen-bond acceptors (Lipinski definition) is 3. The molecular weight excluding hydrogens is 200 g/mol. The molecule has 0 atom stereocenters. The van der Waals surface area contributed by atoms with Gasteiger partial charge in [0.05, 0.1) is 12.4 Å². The second kappa shape index (κ2) is 4.23. The number of hydrogen-bond donors (Lipinski definition) is 0. The fraction of sp³-hybridized carbons (Fsp3) is 0.154. The molecule has 3 nitrogen and oxygen atoms in total. The molecule has 16 heavy (non-hydrogen) atoms. The number of ketones is 1. The minimum atomic E-state index is -0.00361. The van der Waals surface area contributed by atoms with Crippen molar-refractivity contribution in [1.29, 1.82) is 0 Å². The molecule has 0 bridgehead atoms. The van der Waals surface area contributed by atoms with Crippen molar-refractivity contribution >= 4 is 5.78 Å². The highest BCUT2D eigenvalue weighted by atomic mass is 16.1. The fourth-order valence-corrected chi connectivity index (χ4v) is 1.56. The first-order valence-corrected chi connectivity index (χ1v) is 5.07. The standard InChI is InChI=1S/C13H12N2O/c1-9-3-4-10(2)12(7-9)13(16)11-5-6-14-15-8-11/h3-8H,1-2H3. The van der Waals surface area contributed by atoms with Gasteiger partial charge in [-0.1, -0.05) is 17.7 Å². The van der Waals surface area contributed by atoms with Crippen molar-refractivity contribution in [3.8, 4) is 0 Å². The summed E-state index contributed by atoms with van der Waals surface area (Å²) in [6, 6.07) is 7.53. The van der Waals surface area contributed by atoms with Crippen molar-refractivity contribution in [3.05, 3.63) is 58.9 Å². The van der Waals surface area contributed by atoms with E-state index >= 15 is 0 Å². The second-order valence-electron chi connectivity index (χ2n) is 3.78. The summed E-state index contributed by atoms with van der Waals surface area (Å²) in [7, 11) is 0. The van der Waals surface area contributed by atoms with E-state index in [0.29, 0.717) is 5.56 Å². The van der Waals surface area contributed by atoms with E-state index in [1.165, 1.54) is 12.4 Å². The molecule has 0 N–H and O–H groups in total. The normalized spacial score (nSPS) is 10.1. The van der Waals surface area contributed by atoms with Gasteiger partial charge in [0.15, 0.2) is 5.78 Å². The lowest BCUT2D eigenvalue weighted by molar-refractivity contribution is 0.103. The summed E-state index contributed by atoms with van der Waals surface area (Å²) >= 11 is 0. The van der Waals surface area contributed by atoms with Gasteiger partial charge in [0.1, 0.15) is 0 Å². The van der Waals surface area contributed by atoms with Crippen molar-refractivity contribution in [2.75, 3.05) is 0 Å².